The van der Waals surface area contributed by atoms with Crippen molar-refractivity contribution in [1.29, 1.82) is 0 Å². The zero-order valence-corrected chi connectivity index (χ0v) is 17.7. The number of amides is 1. The third kappa shape index (κ3) is 6.56. The predicted octanol–water partition coefficient (Wildman–Crippen LogP) is 2.93. The van der Waals surface area contributed by atoms with Crippen LogP contribution in [0.15, 0.2) is 34.7 Å². The Bertz CT molecular complexity index is 831. The van der Waals surface area contributed by atoms with Gasteiger partial charge in [0.25, 0.3) is 5.91 Å². The molecule has 1 amide bonds. The molecule has 29 heavy (non-hydrogen) atoms. The maximum atomic E-state index is 12.0. The van der Waals surface area contributed by atoms with Gasteiger partial charge in [-0.15, -0.1) is 11.3 Å². The van der Waals surface area contributed by atoms with Gasteiger partial charge in [-0.05, 0) is 43.7 Å². The fourth-order valence-electron chi connectivity index (χ4n) is 2.89. The van der Waals surface area contributed by atoms with E-state index in [0.29, 0.717) is 30.3 Å². The number of morpholine rings is 1. The number of aryl methyl sites for hydroxylation is 1. The van der Waals surface area contributed by atoms with Crippen molar-refractivity contribution < 1.29 is 19.0 Å². The Labute approximate surface area is 175 Å². The lowest BCUT2D eigenvalue weighted by Crippen LogP contribution is -2.38. The fraction of sp³-hybridized carbons (Fsp3) is 0.429. The molecule has 1 fully saturated rings. The van der Waals surface area contributed by atoms with Crippen LogP contribution in [0.2, 0.25) is 0 Å². The van der Waals surface area contributed by atoms with Gasteiger partial charge in [-0.25, -0.2) is 5.43 Å². The average molecular weight is 418 g/mol. The van der Waals surface area contributed by atoms with Gasteiger partial charge in [0, 0.05) is 29.9 Å². The summed E-state index contributed by atoms with van der Waals surface area (Å²) in [6, 6.07) is 7.45. The number of carbonyl (C=O) groups is 1. The van der Waals surface area contributed by atoms with Gasteiger partial charge in [-0.3, -0.25) is 9.69 Å². The molecule has 1 aliphatic rings. The molecule has 7 nitrogen and oxygen atoms in total. The molecule has 1 N–H and O–H groups in total. The van der Waals surface area contributed by atoms with E-state index in [9.17, 15) is 4.79 Å². The molecule has 0 spiro atoms. The van der Waals surface area contributed by atoms with E-state index in [4.69, 9.17) is 14.2 Å². The number of thiophene rings is 1. The minimum Gasteiger partial charge on any atom is -0.490 e. The van der Waals surface area contributed by atoms with Crippen LogP contribution < -0.4 is 14.9 Å². The number of carbonyl (C=O) groups excluding carboxylic acids is 1. The van der Waals surface area contributed by atoms with Crippen molar-refractivity contribution in [3.63, 3.8) is 0 Å². The molecule has 1 aromatic heterocycles. The lowest BCUT2D eigenvalue weighted by Gasteiger charge is -2.26. The molecule has 0 saturated carbocycles. The van der Waals surface area contributed by atoms with Crippen molar-refractivity contribution in [3.05, 3.63) is 45.6 Å². The van der Waals surface area contributed by atoms with Crippen LogP contribution in [-0.4, -0.2) is 63.1 Å². The summed E-state index contributed by atoms with van der Waals surface area (Å²) in [5.74, 6) is 1.15. The van der Waals surface area contributed by atoms with Crippen LogP contribution in [0.5, 0.6) is 11.5 Å². The van der Waals surface area contributed by atoms with E-state index in [-0.39, 0.29) is 5.91 Å². The number of nitrogens with one attached hydrogen (secondary N) is 1. The van der Waals surface area contributed by atoms with Crippen molar-refractivity contribution in [3.8, 4) is 11.5 Å². The summed E-state index contributed by atoms with van der Waals surface area (Å²) in [7, 11) is 0. The normalized spacial score (nSPS) is 14.8. The summed E-state index contributed by atoms with van der Waals surface area (Å²) in [6.07, 6.45) is 1.59. The quantitative estimate of drug-likeness (QED) is 0.502. The van der Waals surface area contributed by atoms with E-state index in [2.05, 4.69) is 15.4 Å². The van der Waals surface area contributed by atoms with Crippen LogP contribution in [0.25, 0.3) is 0 Å². The third-order valence-electron chi connectivity index (χ3n) is 4.41. The number of hydrazone groups is 1. The second kappa shape index (κ2) is 10.9. The summed E-state index contributed by atoms with van der Waals surface area (Å²) in [4.78, 5) is 15.5. The van der Waals surface area contributed by atoms with Crippen molar-refractivity contribution in [1.82, 2.24) is 10.3 Å². The minimum absolute atomic E-state index is 0.223. The first-order chi connectivity index (χ1) is 14.2. The van der Waals surface area contributed by atoms with Crippen LogP contribution in [0.3, 0.4) is 0 Å². The Balaban J connectivity index is 1.55. The van der Waals surface area contributed by atoms with Gasteiger partial charge < -0.3 is 14.2 Å². The number of benzene rings is 1. The Hall–Kier alpha value is -2.42. The van der Waals surface area contributed by atoms with E-state index in [1.54, 1.807) is 6.21 Å². The highest BCUT2D eigenvalue weighted by Crippen LogP contribution is 2.28. The summed E-state index contributed by atoms with van der Waals surface area (Å²) in [5.41, 5.74) is 3.98. The zero-order chi connectivity index (χ0) is 20.5. The van der Waals surface area contributed by atoms with Crippen LogP contribution in [0, 0.1) is 6.92 Å². The molecule has 3 rings (SSSR count). The standard InChI is InChI=1S/C21H27N3O4S/c1-3-27-20-13-17(14-22-23-21(25)18-12-16(2)29-15-18)4-5-19(20)28-11-8-24-6-9-26-10-7-24/h4-5,12-15H,3,6-11H2,1-2H3,(H,23,25)/b22-14-. The average Bonchev–Trinajstić information content (AvgIpc) is 3.17. The lowest BCUT2D eigenvalue weighted by molar-refractivity contribution is 0.0321. The molecule has 0 radical (unpaired) electrons. The maximum absolute atomic E-state index is 12.0. The van der Waals surface area contributed by atoms with E-state index < -0.39 is 0 Å². The summed E-state index contributed by atoms with van der Waals surface area (Å²) in [6.45, 7) is 9.31. The van der Waals surface area contributed by atoms with Crippen LogP contribution in [-0.2, 0) is 4.74 Å². The van der Waals surface area contributed by atoms with Gasteiger partial charge in [-0.2, -0.15) is 5.10 Å². The molecule has 1 aromatic carbocycles. The van der Waals surface area contributed by atoms with Gasteiger partial charge in [0.1, 0.15) is 6.61 Å². The first-order valence-corrected chi connectivity index (χ1v) is 10.6. The Morgan fingerprint density at radius 1 is 1.28 bits per heavy atom. The van der Waals surface area contributed by atoms with Gasteiger partial charge in [0.05, 0.1) is 31.6 Å². The molecule has 0 bridgehead atoms. The Kier molecular flexibility index (Phi) is 8.03. The van der Waals surface area contributed by atoms with E-state index in [1.807, 2.05) is 43.5 Å². The van der Waals surface area contributed by atoms with Crippen LogP contribution in [0.1, 0.15) is 27.7 Å². The highest BCUT2D eigenvalue weighted by molar-refractivity contribution is 7.10. The molecular weight excluding hydrogens is 390 g/mol. The van der Waals surface area contributed by atoms with Gasteiger partial charge in [0.2, 0.25) is 0 Å². The predicted molar refractivity (Wildman–Crippen MR) is 114 cm³/mol. The molecule has 0 atom stereocenters. The summed E-state index contributed by atoms with van der Waals surface area (Å²) >= 11 is 1.53. The van der Waals surface area contributed by atoms with E-state index in [0.717, 1.165) is 43.3 Å². The van der Waals surface area contributed by atoms with E-state index in [1.165, 1.54) is 11.3 Å². The number of nitrogens with zero attached hydrogens (tertiary/aromatic N) is 2. The molecule has 2 aromatic rings. The molecule has 0 aliphatic carbocycles. The minimum atomic E-state index is -0.223. The highest BCUT2D eigenvalue weighted by atomic mass is 32.1. The molecule has 2 heterocycles. The summed E-state index contributed by atoms with van der Waals surface area (Å²) < 4.78 is 17.0. The highest BCUT2D eigenvalue weighted by Gasteiger charge is 2.11. The Morgan fingerprint density at radius 2 is 2.10 bits per heavy atom. The van der Waals surface area contributed by atoms with Crippen LogP contribution >= 0.6 is 11.3 Å². The van der Waals surface area contributed by atoms with Gasteiger partial charge in [0.15, 0.2) is 11.5 Å². The SMILES string of the molecule is CCOc1cc(/C=N\NC(=O)c2csc(C)c2)ccc1OCCN1CCOCC1. The molecule has 156 valence electrons. The molecule has 8 heteroatoms. The molecule has 1 saturated heterocycles. The zero-order valence-electron chi connectivity index (χ0n) is 16.8. The van der Waals surface area contributed by atoms with Crippen molar-refractivity contribution in [2.24, 2.45) is 5.10 Å². The maximum Gasteiger partial charge on any atom is 0.272 e. The molecule has 1 aliphatic heterocycles. The topological polar surface area (TPSA) is 72.4 Å². The largest absolute Gasteiger partial charge is 0.490 e. The number of hydrogen-bond acceptors (Lipinski definition) is 7. The summed E-state index contributed by atoms with van der Waals surface area (Å²) in [5, 5.41) is 5.86. The molecular formula is C21H27N3O4S. The second-order valence-corrected chi connectivity index (χ2v) is 7.70. The number of ether oxygens (including phenoxy) is 3. The van der Waals surface area contributed by atoms with Crippen LogP contribution in [0.4, 0.5) is 0 Å². The lowest BCUT2D eigenvalue weighted by atomic mass is 10.2. The van der Waals surface area contributed by atoms with Crippen molar-refractivity contribution in [2.75, 3.05) is 46.1 Å². The number of rotatable bonds is 9. The van der Waals surface area contributed by atoms with Gasteiger partial charge >= 0.3 is 0 Å². The molecule has 0 unspecified atom stereocenters. The smallest absolute Gasteiger partial charge is 0.272 e. The van der Waals surface area contributed by atoms with E-state index >= 15 is 0 Å². The van der Waals surface area contributed by atoms with Gasteiger partial charge in [-0.1, -0.05) is 0 Å². The fourth-order valence-corrected chi connectivity index (χ4v) is 3.58. The number of hydrogen-bond donors (Lipinski definition) is 1. The second-order valence-electron chi connectivity index (χ2n) is 6.59. The van der Waals surface area contributed by atoms with Crippen molar-refractivity contribution >= 4 is 23.5 Å². The first-order valence-electron chi connectivity index (χ1n) is 9.74. The third-order valence-corrected chi connectivity index (χ3v) is 5.27. The van der Waals surface area contributed by atoms with Crippen molar-refractivity contribution in [2.45, 2.75) is 13.8 Å². The Morgan fingerprint density at radius 3 is 2.83 bits per heavy atom. The first kappa shape index (κ1) is 21.3. The monoisotopic (exact) mass is 417 g/mol.